The molecule has 2 aromatic heterocycles. The van der Waals surface area contributed by atoms with Crippen molar-refractivity contribution < 1.29 is 0 Å². The number of imidazole rings is 1. The Bertz CT molecular complexity index is 800. The smallest absolute Gasteiger partial charge is 0.131 e. The van der Waals surface area contributed by atoms with Crippen LogP contribution < -0.4 is 5.32 Å². The highest BCUT2D eigenvalue weighted by Gasteiger charge is 2.26. The van der Waals surface area contributed by atoms with Crippen molar-refractivity contribution in [3.05, 3.63) is 51.5 Å². The second-order valence-electron chi connectivity index (χ2n) is 5.64. The molecule has 1 aliphatic heterocycles. The molecule has 3 heterocycles. The topological polar surface area (TPSA) is 29.9 Å². The molecule has 0 saturated carbocycles. The van der Waals surface area contributed by atoms with Gasteiger partial charge in [0.1, 0.15) is 5.82 Å². The molecule has 0 radical (unpaired) electrons. The number of hydrogen-bond donors (Lipinski definition) is 1. The van der Waals surface area contributed by atoms with Gasteiger partial charge in [-0.1, -0.05) is 6.07 Å². The lowest BCUT2D eigenvalue weighted by molar-refractivity contribution is 0.527. The number of aryl methyl sites for hydroxylation is 2. The van der Waals surface area contributed by atoms with Crippen LogP contribution in [0.1, 0.15) is 34.8 Å². The van der Waals surface area contributed by atoms with Crippen LogP contribution in [0.15, 0.2) is 29.6 Å². The quantitative estimate of drug-likeness (QED) is 0.782. The van der Waals surface area contributed by atoms with Gasteiger partial charge >= 0.3 is 0 Å². The van der Waals surface area contributed by atoms with E-state index in [0.29, 0.717) is 0 Å². The van der Waals surface area contributed by atoms with Crippen LogP contribution in [0.4, 0.5) is 0 Å². The predicted octanol–water partition coefficient (Wildman–Crippen LogP) is 3.66. The van der Waals surface area contributed by atoms with Crippen LogP contribution in [0.3, 0.4) is 0 Å². The van der Waals surface area contributed by atoms with Gasteiger partial charge in [0.2, 0.25) is 0 Å². The van der Waals surface area contributed by atoms with Crippen molar-refractivity contribution in [2.45, 2.75) is 32.9 Å². The Morgan fingerprint density at radius 3 is 3.14 bits per heavy atom. The number of fused-ring (bicyclic) bond motifs is 2. The molecule has 1 aliphatic rings. The first-order valence-corrected chi connectivity index (χ1v) is 8.42. The molecule has 0 bridgehead atoms. The number of benzene rings is 1. The molecule has 1 atom stereocenters. The molecule has 21 heavy (non-hydrogen) atoms. The minimum Gasteiger partial charge on any atom is -0.327 e. The summed E-state index contributed by atoms with van der Waals surface area (Å²) in [5, 5.41) is 5.85. The summed E-state index contributed by atoms with van der Waals surface area (Å²) in [4.78, 5) is 6.46. The first kappa shape index (κ1) is 13.0. The van der Waals surface area contributed by atoms with Crippen LogP contribution in [0, 0.1) is 6.92 Å². The Labute approximate surface area is 128 Å². The lowest BCUT2D eigenvalue weighted by Crippen LogP contribution is -2.31. The van der Waals surface area contributed by atoms with Crippen molar-refractivity contribution in [1.82, 2.24) is 14.9 Å². The molecule has 0 saturated heterocycles. The highest BCUT2D eigenvalue weighted by Crippen LogP contribution is 2.33. The van der Waals surface area contributed by atoms with Crippen LogP contribution in [-0.4, -0.2) is 16.1 Å². The van der Waals surface area contributed by atoms with E-state index in [1.165, 1.54) is 21.5 Å². The molecule has 4 rings (SSSR count). The molecule has 0 spiro atoms. The SMILES string of the molecule is CCn1c(C2NCCc3sccc32)nc2cc(C)ccc21. The van der Waals surface area contributed by atoms with Crippen molar-refractivity contribution in [3.63, 3.8) is 0 Å². The summed E-state index contributed by atoms with van der Waals surface area (Å²) >= 11 is 1.87. The summed E-state index contributed by atoms with van der Waals surface area (Å²) in [5.41, 5.74) is 5.02. The predicted molar refractivity (Wildman–Crippen MR) is 88.0 cm³/mol. The van der Waals surface area contributed by atoms with Crippen LogP contribution in [-0.2, 0) is 13.0 Å². The van der Waals surface area contributed by atoms with Gasteiger partial charge in [-0.05, 0) is 55.0 Å². The van der Waals surface area contributed by atoms with E-state index >= 15 is 0 Å². The number of nitrogens with one attached hydrogen (secondary N) is 1. The zero-order valence-electron chi connectivity index (χ0n) is 12.4. The van der Waals surface area contributed by atoms with Crippen molar-refractivity contribution in [2.24, 2.45) is 0 Å². The highest BCUT2D eigenvalue weighted by molar-refractivity contribution is 7.10. The van der Waals surface area contributed by atoms with Gasteiger partial charge in [0.15, 0.2) is 0 Å². The maximum atomic E-state index is 4.95. The molecule has 4 heteroatoms. The van der Waals surface area contributed by atoms with Crippen molar-refractivity contribution in [2.75, 3.05) is 6.54 Å². The van der Waals surface area contributed by atoms with E-state index < -0.39 is 0 Å². The first-order chi connectivity index (χ1) is 10.3. The number of aromatic nitrogens is 2. The van der Waals surface area contributed by atoms with Gasteiger partial charge in [0.05, 0.1) is 17.1 Å². The third-order valence-corrected chi connectivity index (χ3v) is 5.30. The third kappa shape index (κ3) is 2.01. The zero-order chi connectivity index (χ0) is 14.4. The molecule has 0 aliphatic carbocycles. The van der Waals surface area contributed by atoms with Crippen LogP contribution in [0.25, 0.3) is 11.0 Å². The van der Waals surface area contributed by atoms with Crippen molar-refractivity contribution >= 4 is 22.4 Å². The van der Waals surface area contributed by atoms with E-state index in [1.807, 2.05) is 11.3 Å². The molecular formula is C17H19N3S. The van der Waals surface area contributed by atoms with Crippen LogP contribution in [0.5, 0.6) is 0 Å². The highest BCUT2D eigenvalue weighted by atomic mass is 32.1. The Morgan fingerprint density at radius 1 is 1.38 bits per heavy atom. The summed E-state index contributed by atoms with van der Waals surface area (Å²) in [7, 11) is 0. The molecule has 3 nitrogen and oxygen atoms in total. The van der Waals surface area contributed by atoms with Gasteiger partial charge in [-0.15, -0.1) is 11.3 Å². The summed E-state index contributed by atoms with van der Waals surface area (Å²) < 4.78 is 2.35. The van der Waals surface area contributed by atoms with E-state index in [9.17, 15) is 0 Å². The molecule has 3 aromatic rings. The van der Waals surface area contributed by atoms with E-state index in [-0.39, 0.29) is 6.04 Å². The van der Waals surface area contributed by atoms with Gasteiger partial charge in [-0.2, -0.15) is 0 Å². The van der Waals surface area contributed by atoms with Crippen LogP contribution >= 0.6 is 11.3 Å². The monoisotopic (exact) mass is 297 g/mol. The summed E-state index contributed by atoms with van der Waals surface area (Å²) in [6, 6.07) is 9.03. The van der Waals surface area contributed by atoms with E-state index in [2.05, 4.69) is 53.4 Å². The lowest BCUT2D eigenvalue weighted by atomic mass is 10.0. The lowest BCUT2D eigenvalue weighted by Gasteiger charge is -2.24. The fourth-order valence-electron chi connectivity index (χ4n) is 3.29. The Balaban J connectivity index is 1.91. The average Bonchev–Trinajstić information content (AvgIpc) is 3.09. The molecule has 1 N–H and O–H groups in total. The Kier molecular flexibility index (Phi) is 3.08. The normalized spacial score (nSPS) is 18.1. The van der Waals surface area contributed by atoms with E-state index in [0.717, 1.165) is 30.9 Å². The maximum Gasteiger partial charge on any atom is 0.131 e. The second-order valence-corrected chi connectivity index (χ2v) is 6.64. The Hall–Kier alpha value is -1.65. The standard InChI is InChI=1S/C17H19N3S/c1-3-20-14-5-4-11(2)10-13(14)19-17(20)16-12-7-9-21-15(12)6-8-18-16/h4-5,7,9-10,16,18H,3,6,8H2,1-2H3. The minimum absolute atomic E-state index is 0.229. The Morgan fingerprint density at radius 2 is 2.29 bits per heavy atom. The summed E-state index contributed by atoms with van der Waals surface area (Å²) in [6.07, 6.45) is 1.13. The molecule has 0 fully saturated rings. The van der Waals surface area contributed by atoms with Crippen molar-refractivity contribution in [3.8, 4) is 0 Å². The van der Waals surface area contributed by atoms with Gasteiger partial charge in [0, 0.05) is 18.0 Å². The van der Waals surface area contributed by atoms with Gasteiger partial charge in [-0.25, -0.2) is 4.98 Å². The van der Waals surface area contributed by atoms with Gasteiger partial charge < -0.3 is 9.88 Å². The van der Waals surface area contributed by atoms with Crippen molar-refractivity contribution in [1.29, 1.82) is 0 Å². The average molecular weight is 297 g/mol. The number of rotatable bonds is 2. The molecule has 1 aromatic carbocycles. The van der Waals surface area contributed by atoms with Gasteiger partial charge in [0.25, 0.3) is 0 Å². The summed E-state index contributed by atoms with van der Waals surface area (Å²) in [6.45, 7) is 6.30. The largest absolute Gasteiger partial charge is 0.327 e. The molecular weight excluding hydrogens is 278 g/mol. The number of nitrogens with zero attached hydrogens (tertiary/aromatic N) is 2. The van der Waals surface area contributed by atoms with Gasteiger partial charge in [-0.3, -0.25) is 0 Å². The summed E-state index contributed by atoms with van der Waals surface area (Å²) in [5.74, 6) is 1.15. The second kappa shape index (κ2) is 4.97. The zero-order valence-corrected chi connectivity index (χ0v) is 13.2. The third-order valence-electron chi connectivity index (χ3n) is 4.30. The maximum absolute atomic E-state index is 4.95. The fourth-order valence-corrected chi connectivity index (χ4v) is 4.21. The molecule has 108 valence electrons. The fraction of sp³-hybridized carbons (Fsp3) is 0.353. The van der Waals surface area contributed by atoms with Crippen LogP contribution in [0.2, 0.25) is 0 Å². The number of hydrogen-bond acceptors (Lipinski definition) is 3. The minimum atomic E-state index is 0.229. The van der Waals surface area contributed by atoms with E-state index in [1.54, 1.807) is 0 Å². The molecule has 0 amide bonds. The first-order valence-electron chi connectivity index (χ1n) is 7.54. The number of thiophene rings is 1. The van der Waals surface area contributed by atoms with E-state index in [4.69, 9.17) is 4.98 Å². The molecule has 1 unspecified atom stereocenters.